The Morgan fingerprint density at radius 1 is 1.06 bits per heavy atom. The molecule has 3 aromatic rings. The van der Waals surface area contributed by atoms with Crippen molar-refractivity contribution < 1.29 is 13.9 Å². The predicted octanol–water partition coefficient (Wildman–Crippen LogP) is 4.54. The van der Waals surface area contributed by atoms with E-state index in [1.54, 1.807) is 20.4 Å². The SMILES string of the molecule is CN=C(NCc1ccc(OC2CCCC2)c(OC)c1)NCc1coc(-c2ccccc2)n1. The molecule has 0 amide bonds. The largest absolute Gasteiger partial charge is 0.493 e. The number of methoxy groups -OCH3 is 1. The van der Waals surface area contributed by atoms with Gasteiger partial charge in [0.05, 0.1) is 25.5 Å². The van der Waals surface area contributed by atoms with Gasteiger partial charge in [-0.25, -0.2) is 4.98 Å². The molecule has 2 aromatic carbocycles. The van der Waals surface area contributed by atoms with Crippen LogP contribution in [0.1, 0.15) is 36.9 Å². The van der Waals surface area contributed by atoms with Gasteiger partial charge in [0.2, 0.25) is 5.89 Å². The molecule has 4 rings (SSSR count). The highest BCUT2D eigenvalue weighted by Crippen LogP contribution is 2.32. The topological polar surface area (TPSA) is 80.9 Å². The van der Waals surface area contributed by atoms with Crippen molar-refractivity contribution in [3.8, 4) is 23.0 Å². The monoisotopic (exact) mass is 434 g/mol. The van der Waals surface area contributed by atoms with Crippen LogP contribution in [0.4, 0.5) is 0 Å². The average molecular weight is 435 g/mol. The summed E-state index contributed by atoms with van der Waals surface area (Å²) in [6, 6.07) is 15.9. The minimum absolute atomic E-state index is 0.301. The van der Waals surface area contributed by atoms with Gasteiger partial charge in [-0.3, -0.25) is 4.99 Å². The van der Waals surface area contributed by atoms with Crippen LogP contribution in [0, 0.1) is 0 Å². The molecule has 1 aromatic heterocycles. The number of benzene rings is 2. The molecule has 1 aliphatic carbocycles. The number of aliphatic imine (C=N–C) groups is 1. The van der Waals surface area contributed by atoms with Gasteiger partial charge < -0.3 is 24.5 Å². The van der Waals surface area contributed by atoms with E-state index in [1.807, 2.05) is 42.5 Å². The van der Waals surface area contributed by atoms with E-state index in [4.69, 9.17) is 13.9 Å². The molecule has 2 N–H and O–H groups in total. The van der Waals surface area contributed by atoms with E-state index in [1.165, 1.54) is 12.8 Å². The zero-order valence-electron chi connectivity index (χ0n) is 18.6. The first-order valence-electron chi connectivity index (χ1n) is 11.0. The van der Waals surface area contributed by atoms with Crippen molar-refractivity contribution in [1.29, 1.82) is 0 Å². The molecule has 1 aliphatic rings. The van der Waals surface area contributed by atoms with Crippen molar-refractivity contribution in [3.63, 3.8) is 0 Å². The van der Waals surface area contributed by atoms with Gasteiger partial charge in [-0.1, -0.05) is 24.3 Å². The summed E-state index contributed by atoms with van der Waals surface area (Å²) in [6.07, 6.45) is 6.68. The third-order valence-electron chi connectivity index (χ3n) is 5.52. The molecule has 0 atom stereocenters. The number of hydrogen-bond acceptors (Lipinski definition) is 5. The number of oxazole rings is 1. The third kappa shape index (κ3) is 5.60. The molecule has 0 unspecified atom stereocenters. The first-order chi connectivity index (χ1) is 15.7. The Kier molecular flexibility index (Phi) is 7.27. The fourth-order valence-electron chi connectivity index (χ4n) is 3.79. The van der Waals surface area contributed by atoms with Gasteiger partial charge in [-0.05, 0) is 55.5 Å². The summed E-state index contributed by atoms with van der Waals surface area (Å²) in [5, 5.41) is 6.59. The summed E-state index contributed by atoms with van der Waals surface area (Å²) in [4.78, 5) is 8.83. The summed E-state index contributed by atoms with van der Waals surface area (Å²) < 4.78 is 17.3. The van der Waals surface area contributed by atoms with Crippen molar-refractivity contribution >= 4 is 5.96 Å². The van der Waals surface area contributed by atoms with Crippen LogP contribution in [0.15, 0.2) is 64.2 Å². The Labute approximate surface area is 188 Å². The number of guanidine groups is 1. The normalized spacial score (nSPS) is 14.4. The van der Waals surface area contributed by atoms with Crippen molar-refractivity contribution in [2.24, 2.45) is 4.99 Å². The molecule has 0 spiro atoms. The minimum Gasteiger partial charge on any atom is -0.493 e. The molecule has 0 saturated heterocycles. The fraction of sp³-hybridized carbons (Fsp3) is 0.360. The van der Waals surface area contributed by atoms with Crippen LogP contribution in [0.5, 0.6) is 11.5 Å². The molecular formula is C25H30N4O3. The van der Waals surface area contributed by atoms with Crippen LogP contribution < -0.4 is 20.1 Å². The van der Waals surface area contributed by atoms with Gasteiger partial charge in [0, 0.05) is 19.2 Å². The Morgan fingerprint density at radius 2 is 1.84 bits per heavy atom. The molecule has 7 nitrogen and oxygen atoms in total. The lowest BCUT2D eigenvalue weighted by atomic mass is 10.2. The first-order valence-corrected chi connectivity index (χ1v) is 11.0. The predicted molar refractivity (Wildman–Crippen MR) is 125 cm³/mol. The molecule has 0 aliphatic heterocycles. The lowest BCUT2D eigenvalue weighted by Crippen LogP contribution is -2.36. The van der Waals surface area contributed by atoms with Crippen LogP contribution in [0.25, 0.3) is 11.5 Å². The van der Waals surface area contributed by atoms with E-state index in [2.05, 4.69) is 26.7 Å². The third-order valence-corrected chi connectivity index (χ3v) is 5.52. The molecule has 1 saturated carbocycles. The average Bonchev–Trinajstić information content (AvgIpc) is 3.53. The van der Waals surface area contributed by atoms with E-state index in [0.29, 0.717) is 31.0 Å². The van der Waals surface area contributed by atoms with Crippen LogP contribution in [0.2, 0.25) is 0 Å². The maximum absolute atomic E-state index is 6.12. The van der Waals surface area contributed by atoms with Crippen molar-refractivity contribution in [2.45, 2.75) is 44.9 Å². The van der Waals surface area contributed by atoms with E-state index in [-0.39, 0.29) is 0 Å². The van der Waals surface area contributed by atoms with Gasteiger partial charge in [-0.2, -0.15) is 0 Å². The first kappa shape index (κ1) is 21.7. The zero-order valence-corrected chi connectivity index (χ0v) is 18.6. The van der Waals surface area contributed by atoms with Gasteiger partial charge in [-0.15, -0.1) is 0 Å². The summed E-state index contributed by atoms with van der Waals surface area (Å²) in [5.41, 5.74) is 2.84. The Hall–Kier alpha value is -3.48. The summed E-state index contributed by atoms with van der Waals surface area (Å²) in [6.45, 7) is 1.11. The number of aromatic nitrogens is 1. The highest BCUT2D eigenvalue weighted by molar-refractivity contribution is 5.79. The van der Waals surface area contributed by atoms with Gasteiger partial charge in [0.15, 0.2) is 17.5 Å². The van der Waals surface area contributed by atoms with Crippen molar-refractivity contribution in [1.82, 2.24) is 15.6 Å². The Balaban J connectivity index is 1.30. The Bertz CT molecular complexity index is 1030. The van der Waals surface area contributed by atoms with Crippen LogP contribution in [0.3, 0.4) is 0 Å². The van der Waals surface area contributed by atoms with Crippen LogP contribution in [-0.4, -0.2) is 31.2 Å². The second kappa shape index (κ2) is 10.7. The molecule has 0 radical (unpaired) electrons. The molecular weight excluding hydrogens is 404 g/mol. The number of rotatable bonds is 8. The van der Waals surface area contributed by atoms with E-state index in [9.17, 15) is 0 Å². The summed E-state index contributed by atoms with van der Waals surface area (Å²) in [7, 11) is 3.42. The van der Waals surface area contributed by atoms with Crippen molar-refractivity contribution in [3.05, 3.63) is 66.1 Å². The van der Waals surface area contributed by atoms with Crippen molar-refractivity contribution in [2.75, 3.05) is 14.2 Å². The lowest BCUT2D eigenvalue weighted by molar-refractivity contribution is 0.200. The molecule has 7 heteroatoms. The number of nitrogens with zero attached hydrogens (tertiary/aromatic N) is 2. The summed E-state index contributed by atoms with van der Waals surface area (Å²) >= 11 is 0. The molecule has 1 fully saturated rings. The van der Waals surface area contributed by atoms with Crippen LogP contribution in [-0.2, 0) is 13.1 Å². The Morgan fingerprint density at radius 3 is 2.59 bits per heavy atom. The number of ether oxygens (including phenoxy) is 2. The van der Waals surface area contributed by atoms with Gasteiger partial charge >= 0.3 is 0 Å². The van der Waals surface area contributed by atoms with E-state index in [0.717, 1.165) is 41.2 Å². The molecule has 0 bridgehead atoms. The summed E-state index contributed by atoms with van der Waals surface area (Å²) in [5.74, 6) is 2.86. The smallest absolute Gasteiger partial charge is 0.226 e. The highest BCUT2D eigenvalue weighted by Gasteiger charge is 2.18. The van der Waals surface area contributed by atoms with Gasteiger partial charge in [0.25, 0.3) is 0 Å². The second-order valence-electron chi connectivity index (χ2n) is 7.80. The van der Waals surface area contributed by atoms with Gasteiger partial charge in [0.1, 0.15) is 6.26 Å². The lowest BCUT2D eigenvalue weighted by Gasteiger charge is -2.17. The highest BCUT2D eigenvalue weighted by atomic mass is 16.5. The standard InChI is InChI=1S/C25H30N4O3/c1-26-25(28-16-20-17-31-24(29-20)19-8-4-3-5-9-19)27-15-18-12-13-22(23(14-18)30-2)32-21-10-6-7-11-21/h3-5,8-9,12-14,17,21H,6-7,10-11,15-16H2,1-2H3,(H2,26,27,28). The maximum atomic E-state index is 6.12. The van der Waals surface area contributed by atoms with E-state index < -0.39 is 0 Å². The number of nitrogens with one attached hydrogen (secondary N) is 2. The van der Waals surface area contributed by atoms with E-state index >= 15 is 0 Å². The molecule has 1 heterocycles. The quantitative estimate of drug-likeness (QED) is 0.400. The second-order valence-corrected chi connectivity index (χ2v) is 7.80. The molecule has 32 heavy (non-hydrogen) atoms. The minimum atomic E-state index is 0.301. The maximum Gasteiger partial charge on any atom is 0.226 e. The van der Waals surface area contributed by atoms with Crippen LogP contribution >= 0.6 is 0 Å². The molecule has 168 valence electrons. The fourth-order valence-corrected chi connectivity index (χ4v) is 3.79. The zero-order chi connectivity index (χ0) is 22.2. The number of hydrogen-bond donors (Lipinski definition) is 2.